The summed E-state index contributed by atoms with van der Waals surface area (Å²) in [7, 11) is 0. The van der Waals surface area contributed by atoms with E-state index in [9.17, 15) is 4.79 Å². The second kappa shape index (κ2) is 6.15. The molecule has 1 unspecified atom stereocenters. The van der Waals surface area contributed by atoms with Crippen molar-refractivity contribution in [2.45, 2.75) is 57.4 Å². The van der Waals surface area contributed by atoms with E-state index < -0.39 is 0 Å². The molecule has 4 N–H and O–H groups in total. The van der Waals surface area contributed by atoms with Crippen LogP contribution in [0.4, 0.5) is 5.00 Å². The van der Waals surface area contributed by atoms with E-state index >= 15 is 0 Å². The molecule has 2 heterocycles. The first-order valence-corrected chi connectivity index (χ1v) is 9.53. The van der Waals surface area contributed by atoms with Crippen molar-refractivity contribution < 1.29 is 4.79 Å². The minimum Gasteiger partial charge on any atom is -0.369 e. The molecule has 0 radical (unpaired) electrons. The molecule has 2 aliphatic carbocycles. The van der Waals surface area contributed by atoms with E-state index in [4.69, 9.17) is 10.7 Å². The lowest BCUT2D eigenvalue weighted by atomic mass is 9.85. The van der Waals surface area contributed by atoms with Crippen LogP contribution in [0.3, 0.4) is 0 Å². The molecule has 1 aliphatic heterocycles. The molecule has 0 spiro atoms. The van der Waals surface area contributed by atoms with Gasteiger partial charge in [0.05, 0.1) is 5.56 Å². The molecule has 1 aromatic heterocycles. The molecule has 23 heavy (non-hydrogen) atoms. The molecule has 124 valence electrons. The minimum absolute atomic E-state index is 0.0287. The monoisotopic (exact) mass is 332 g/mol. The van der Waals surface area contributed by atoms with Crippen molar-refractivity contribution in [2.24, 2.45) is 16.6 Å². The van der Waals surface area contributed by atoms with Gasteiger partial charge in [0.15, 0.2) is 0 Å². The van der Waals surface area contributed by atoms with Crippen molar-refractivity contribution in [2.75, 3.05) is 12.0 Å². The molecule has 1 atom stereocenters. The number of fused-ring (bicyclic) bond motifs is 3. The summed E-state index contributed by atoms with van der Waals surface area (Å²) in [6, 6.07) is 0.541. The molecular formula is C17H24N4OS. The van der Waals surface area contributed by atoms with E-state index in [1.165, 1.54) is 53.1 Å². The third-order valence-electron chi connectivity index (χ3n) is 5.32. The average Bonchev–Trinajstić information content (AvgIpc) is 2.94. The van der Waals surface area contributed by atoms with E-state index in [1.807, 2.05) is 11.3 Å². The van der Waals surface area contributed by atoms with Crippen LogP contribution in [0.1, 0.15) is 54.5 Å². The number of thiophene rings is 1. The Morgan fingerprint density at radius 2 is 2.09 bits per heavy atom. The quantitative estimate of drug-likeness (QED) is 0.778. The fourth-order valence-electron chi connectivity index (χ4n) is 4.03. The van der Waals surface area contributed by atoms with E-state index in [2.05, 4.69) is 10.6 Å². The number of aliphatic imine (C=N–C) groups is 1. The first-order valence-electron chi connectivity index (χ1n) is 8.71. The Hall–Kier alpha value is -1.56. The summed E-state index contributed by atoms with van der Waals surface area (Å²) < 4.78 is 0. The molecule has 0 saturated heterocycles. The molecule has 4 rings (SSSR count). The van der Waals surface area contributed by atoms with Gasteiger partial charge in [0, 0.05) is 16.8 Å². The number of nitrogens with zero attached hydrogens (tertiary/aromatic N) is 1. The third kappa shape index (κ3) is 2.84. The van der Waals surface area contributed by atoms with Gasteiger partial charge in [0.2, 0.25) is 5.91 Å². The summed E-state index contributed by atoms with van der Waals surface area (Å²) in [6.45, 7) is 0.640. The highest BCUT2D eigenvalue weighted by molar-refractivity contribution is 7.16. The first-order chi connectivity index (χ1) is 11.2. The number of hydrogen-bond donors (Lipinski definition) is 3. The zero-order chi connectivity index (χ0) is 15.8. The molecule has 0 aromatic carbocycles. The van der Waals surface area contributed by atoms with E-state index in [-0.39, 0.29) is 11.8 Å². The predicted octanol–water partition coefficient (Wildman–Crippen LogP) is 2.39. The maximum Gasteiger partial charge on any atom is 0.220 e. The third-order valence-corrected chi connectivity index (χ3v) is 6.57. The van der Waals surface area contributed by atoms with Gasteiger partial charge >= 0.3 is 0 Å². The number of anilines is 1. The van der Waals surface area contributed by atoms with E-state index in [0.717, 1.165) is 25.1 Å². The van der Waals surface area contributed by atoms with Crippen LogP contribution in [-0.2, 0) is 17.6 Å². The van der Waals surface area contributed by atoms with Gasteiger partial charge in [0.25, 0.3) is 0 Å². The Morgan fingerprint density at radius 1 is 1.26 bits per heavy atom. The van der Waals surface area contributed by atoms with Gasteiger partial charge in [-0.2, -0.15) is 0 Å². The van der Waals surface area contributed by atoms with Gasteiger partial charge < -0.3 is 16.4 Å². The number of nitrogens with one attached hydrogen (secondary N) is 2. The van der Waals surface area contributed by atoms with Gasteiger partial charge in [0.1, 0.15) is 17.5 Å². The van der Waals surface area contributed by atoms with E-state index in [1.54, 1.807) is 0 Å². The van der Waals surface area contributed by atoms with Crippen molar-refractivity contribution in [3.63, 3.8) is 0 Å². The van der Waals surface area contributed by atoms with Crippen LogP contribution in [0.2, 0.25) is 0 Å². The Bertz CT molecular complexity index is 645. The summed E-state index contributed by atoms with van der Waals surface area (Å²) in [4.78, 5) is 17.7. The van der Waals surface area contributed by atoms with Crippen LogP contribution in [0, 0.1) is 5.92 Å². The topological polar surface area (TPSA) is 79.5 Å². The lowest BCUT2D eigenvalue weighted by molar-refractivity contribution is -0.122. The summed E-state index contributed by atoms with van der Waals surface area (Å²) in [5, 5.41) is 8.32. The van der Waals surface area contributed by atoms with Gasteiger partial charge in [-0.25, -0.2) is 4.99 Å². The largest absolute Gasteiger partial charge is 0.369 e. The normalized spacial score (nSPS) is 24.2. The van der Waals surface area contributed by atoms with Crippen LogP contribution < -0.4 is 16.4 Å². The van der Waals surface area contributed by atoms with Gasteiger partial charge in [-0.3, -0.25) is 4.79 Å². The van der Waals surface area contributed by atoms with Crippen molar-refractivity contribution in [1.82, 2.24) is 5.32 Å². The Morgan fingerprint density at radius 3 is 2.87 bits per heavy atom. The molecule has 0 bridgehead atoms. The molecule has 6 heteroatoms. The van der Waals surface area contributed by atoms with Crippen LogP contribution in [0.25, 0.3) is 0 Å². The number of carbonyl (C=O) groups excluding carboxylic acids is 1. The zero-order valence-corrected chi connectivity index (χ0v) is 14.2. The molecule has 1 aromatic rings. The minimum atomic E-state index is -0.168. The van der Waals surface area contributed by atoms with Crippen molar-refractivity contribution in [3.8, 4) is 0 Å². The lowest BCUT2D eigenvalue weighted by Crippen LogP contribution is -2.39. The zero-order valence-electron chi connectivity index (χ0n) is 13.4. The summed E-state index contributed by atoms with van der Waals surface area (Å²) >= 11 is 1.83. The van der Waals surface area contributed by atoms with Gasteiger partial charge in [-0.05, 0) is 37.7 Å². The summed E-state index contributed by atoms with van der Waals surface area (Å²) in [6.07, 6.45) is 9.04. The maximum atomic E-state index is 11.6. The fraction of sp³-hybridized carbons (Fsp3) is 0.647. The summed E-state index contributed by atoms with van der Waals surface area (Å²) in [5.74, 6) is 0.838. The first kappa shape index (κ1) is 15.0. The molecule has 1 amide bonds. The SMILES string of the molecule is NC(=O)C1CCc2sc3c(c2C1)C(NC1CCCCC1)=NCN3. The summed E-state index contributed by atoms with van der Waals surface area (Å²) in [5.41, 5.74) is 8.07. The molecule has 1 fully saturated rings. The van der Waals surface area contributed by atoms with Crippen LogP contribution in [0.15, 0.2) is 4.99 Å². The Labute approximate surface area is 140 Å². The van der Waals surface area contributed by atoms with Crippen molar-refractivity contribution >= 4 is 28.1 Å². The Balaban J connectivity index is 1.62. The van der Waals surface area contributed by atoms with Gasteiger partial charge in [-0.15, -0.1) is 11.3 Å². The highest BCUT2D eigenvalue weighted by Gasteiger charge is 2.32. The van der Waals surface area contributed by atoms with Crippen molar-refractivity contribution in [3.05, 3.63) is 16.0 Å². The number of hydrogen-bond acceptors (Lipinski definition) is 5. The number of nitrogens with two attached hydrogens (primary N) is 1. The fourth-order valence-corrected chi connectivity index (χ4v) is 5.26. The lowest BCUT2D eigenvalue weighted by Gasteiger charge is -2.27. The van der Waals surface area contributed by atoms with E-state index in [0.29, 0.717) is 12.7 Å². The number of amides is 1. The molecule has 1 saturated carbocycles. The second-order valence-corrected chi connectivity index (χ2v) is 7.98. The van der Waals surface area contributed by atoms with Crippen LogP contribution >= 0.6 is 11.3 Å². The number of rotatable bonds is 2. The average molecular weight is 332 g/mol. The number of primary amides is 1. The van der Waals surface area contributed by atoms with Crippen LogP contribution in [0.5, 0.6) is 0 Å². The number of aryl methyl sites for hydroxylation is 1. The highest BCUT2D eigenvalue weighted by Crippen LogP contribution is 2.41. The standard InChI is InChI=1S/C17H24N4OS/c18-15(22)10-6-7-13-12(8-10)14-16(19-9-20-17(14)23-13)21-11-4-2-1-3-5-11/h10-11,20H,1-9H2,(H2,18,22)(H,19,21). The van der Waals surface area contributed by atoms with Crippen LogP contribution in [-0.4, -0.2) is 24.5 Å². The smallest absolute Gasteiger partial charge is 0.220 e. The molecule has 5 nitrogen and oxygen atoms in total. The molecule has 3 aliphatic rings. The second-order valence-electron chi connectivity index (χ2n) is 6.87. The highest BCUT2D eigenvalue weighted by atomic mass is 32.1. The van der Waals surface area contributed by atoms with Crippen molar-refractivity contribution in [1.29, 1.82) is 0 Å². The van der Waals surface area contributed by atoms with Gasteiger partial charge in [-0.1, -0.05) is 19.3 Å². The number of carbonyl (C=O) groups is 1. The predicted molar refractivity (Wildman–Crippen MR) is 94.1 cm³/mol. The number of amidine groups is 1. The maximum absolute atomic E-state index is 11.6. The molecular weight excluding hydrogens is 308 g/mol. The Kier molecular flexibility index (Phi) is 4.01.